The summed E-state index contributed by atoms with van der Waals surface area (Å²) in [6.07, 6.45) is 1.92. The summed E-state index contributed by atoms with van der Waals surface area (Å²) in [4.78, 5) is 13.7. The fraction of sp³-hybridized carbons (Fsp3) is 0.136. The molecule has 3 rings (SSSR count). The zero-order chi connectivity index (χ0) is 21.7. The van der Waals surface area contributed by atoms with E-state index in [4.69, 9.17) is 0 Å². The molecule has 3 aromatic carbocycles. The summed E-state index contributed by atoms with van der Waals surface area (Å²) in [7, 11) is -4.04. The van der Waals surface area contributed by atoms with Crippen LogP contribution in [-0.4, -0.2) is 27.1 Å². The van der Waals surface area contributed by atoms with E-state index in [0.29, 0.717) is 5.69 Å². The molecule has 0 spiro atoms. The van der Waals surface area contributed by atoms with Gasteiger partial charge in [-0.2, -0.15) is 0 Å². The lowest BCUT2D eigenvalue weighted by molar-refractivity contribution is -0.114. The molecule has 0 aromatic heterocycles. The highest BCUT2D eigenvalue weighted by Gasteiger charge is 2.27. The van der Waals surface area contributed by atoms with Crippen LogP contribution < -0.4 is 9.62 Å². The second-order valence-electron chi connectivity index (χ2n) is 6.58. The third-order valence-corrected chi connectivity index (χ3v) is 6.88. The summed E-state index contributed by atoms with van der Waals surface area (Å²) in [6, 6.07) is 18.6. The highest BCUT2D eigenvalue weighted by atomic mass is 32.2. The maximum Gasteiger partial charge on any atom is 0.264 e. The fourth-order valence-electron chi connectivity index (χ4n) is 2.79. The number of halogens is 1. The first kappa shape index (κ1) is 21.9. The lowest BCUT2D eigenvalue weighted by Gasteiger charge is -2.24. The SMILES string of the molecule is CSc1cccc(NC(=O)CN(c2ccc(F)cc2)S(=O)(=O)c2ccc(C)cc2)c1. The number of benzene rings is 3. The van der Waals surface area contributed by atoms with Crippen LogP contribution in [-0.2, 0) is 14.8 Å². The summed E-state index contributed by atoms with van der Waals surface area (Å²) < 4.78 is 40.9. The van der Waals surface area contributed by atoms with Crippen LogP contribution in [0.4, 0.5) is 15.8 Å². The van der Waals surface area contributed by atoms with Crippen LogP contribution in [0.25, 0.3) is 0 Å². The molecule has 0 bridgehead atoms. The van der Waals surface area contributed by atoms with Gasteiger partial charge >= 0.3 is 0 Å². The van der Waals surface area contributed by atoms with Crippen molar-refractivity contribution in [3.63, 3.8) is 0 Å². The third-order valence-electron chi connectivity index (χ3n) is 4.36. The Morgan fingerprint density at radius 3 is 2.33 bits per heavy atom. The number of hydrogen-bond donors (Lipinski definition) is 1. The van der Waals surface area contributed by atoms with Crippen LogP contribution in [0.1, 0.15) is 5.56 Å². The number of nitrogens with one attached hydrogen (secondary N) is 1. The summed E-state index contributed by atoms with van der Waals surface area (Å²) in [6.45, 7) is 1.40. The Morgan fingerprint density at radius 1 is 1.03 bits per heavy atom. The molecule has 0 heterocycles. The van der Waals surface area contributed by atoms with Gasteiger partial charge in [-0.1, -0.05) is 23.8 Å². The number of carbonyl (C=O) groups excluding carboxylic acids is 1. The van der Waals surface area contributed by atoms with E-state index in [0.717, 1.165) is 26.9 Å². The fourth-order valence-corrected chi connectivity index (χ4v) is 4.67. The molecular formula is C22H21FN2O3S2. The molecule has 3 aromatic rings. The minimum atomic E-state index is -4.04. The summed E-state index contributed by atoms with van der Waals surface area (Å²) in [5.74, 6) is -1.00. The number of anilines is 2. The van der Waals surface area contributed by atoms with E-state index in [2.05, 4.69) is 5.32 Å². The van der Waals surface area contributed by atoms with E-state index >= 15 is 0 Å². The van der Waals surface area contributed by atoms with Crippen LogP contribution in [0.3, 0.4) is 0 Å². The molecule has 0 fully saturated rings. The van der Waals surface area contributed by atoms with Crippen molar-refractivity contribution in [1.29, 1.82) is 0 Å². The molecule has 0 unspecified atom stereocenters. The van der Waals surface area contributed by atoms with Gasteiger partial charge in [0.25, 0.3) is 10.0 Å². The number of amides is 1. The van der Waals surface area contributed by atoms with E-state index < -0.39 is 28.3 Å². The number of nitrogens with zero attached hydrogens (tertiary/aromatic N) is 1. The predicted octanol–water partition coefficient (Wildman–Crippen LogP) is 4.69. The Hall–Kier alpha value is -2.84. The van der Waals surface area contributed by atoms with Gasteiger partial charge in [-0.05, 0) is 67.8 Å². The maximum atomic E-state index is 13.4. The van der Waals surface area contributed by atoms with Crippen molar-refractivity contribution in [3.8, 4) is 0 Å². The predicted molar refractivity (Wildman–Crippen MR) is 119 cm³/mol. The summed E-state index contributed by atoms with van der Waals surface area (Å²) in [5, 5.41) is 2.73. The van der Waals surface area contributed by atoms with Crippen molar-refractivity contribution in [2.75, 3.05) is 22.4 Å². The first-order chi connectivity index (χ1) is 14.3. The van der Waals surface area contributed by atoms with Crippen molar-refractivity contribution in [3.05, 3.63) is 84.2 Å². The van der Waals surface area contributed by atoms with Gasteiger partial charge in [-0.3, -0.25) is 9.10 Å². The van der Waals surface area contributed by atoms with Crippen LogP contribution >= 0.6 is 11.8 Å². The van der Waals surface area contributed by atoms with E-state index in [1.54, 1.807) is 24.3 Å². The van der Waals surface area contributed by atoms with Crippen LogP contribution in [0.5, 0.6) is 0 Å². The lowest BCUT2D eigenvalue weighted by Crippen LogP contribution is -2.38. The van der Waals surface area contributed by atoms with Gasteiger partial charge < -0.3 is 5.32 Å². The molecule has 1 N–H and O–H groups in total. The topological polar surface area (TPSA) is 66.5 Å². The van der Waals surface area contributed by atoms with Gasteiger partial charge in [0.2, 0.25) is 5.91 Å². The minimum Gasteiger partial charge on any atom is -0.324 e. The van der Waals surface area contributed by atoms with Gasteiger partial charge in [0.05, 0.1) is 10.6 Å². The monoisotopic (exact) mass is 444 g/mol. The molecule has 156 valence electrons. The van der Waals surface area contributed by atoms with Crippen molar-refractivity contribution < 1.29 is 17.6 Å². The number of carbonyl (C=O) groups is 1. The molecular weight excluding hydrogens is 423 g/mol. The Morgan fingerprint density at radius 2 is 1.70 bits per heavy atom. The Labute approximate surface area is 180 Å². The second-order valence-corrected chi connectivity index (χ2v) is 9.32. The minimum absolute atomic E-state index is 0.0506. The number of thioether (sulfide) groups is 1. The highest BCUT2D eigenvalue weighted by Crippen LogP contribution is 2.25. The first-order valence-corrected chi connectivity index (χ1v) is 11.7. The molecule has 0 radical (unpaired) electrons. The maximum absolute atomic E-state index is 13.4. The van der Waals surface area contributed by atoms with Gasteiger partial charge in [-0.15, -0.1) is 11.8 Å². The third kappa shape index (κ3) is 5.20. The second kappa shape index (κ2) is 9.32. The molecule has 30 heavy (non-hydrogen) atoms. The Kier molecular flexibility index (Phi) is 6.79. The highest BCUT2D eigenvalue weighted by molar-refractivity contribution is 7.98. The van der Waals surface area contributed by atoms with Crippen LogP contribution in [0.15, 0.2) is 82.6 Å². The van der Waals surface area contributed by atoms with E-state index in [9.17, 15) is 17.6 Å². The standard InChI is InChI=1S/C22H21FN2O3S2/c1-16-6-12-21(13-7-16)30(27,28)25(19-10-8-17(23)9-11-19)15-22(26)24-18-4-3-5-20(14-18)29-2/h3-14H,15H2,1-2H3,(H,24,26). The Balaban J connectivity index is 1.92. The number of hydrogen-bond acceptors (Lipinski definition) is 4. The first-order valence-electron chi connectivity index (χ1n) is 9.08. The van der Waals surface area contributed by atoms with Gasteiger partial charge in [0.1, 0.15) is 12.4 Å². The normalized spacial score (nSPS) is 11.2. The van der Waals surface area contributed by atoms with Crippen LogP contribution in [0, 0.1) is 12.7 Å². The Bertz CT molecular complexity index is 1130. The molecule has 0 saturated heterocycles. The molecule has 0 atom stereocenters. The molecule has 1 amide bonds. The number of aryl methyl sites for hydroxylation is 1. The largest absolute Gasteiger partial charge is 0.324 e. The molecule has 8 heteroatoms. The van der Waals surface area contributed by atoms with E-state index in [-0.39, 0.29) is 10.6 Å². The van der Waals surface area contributed by atoms with Crippen molar-refractivity contribution >= 4 is 39.1 Å². The summed E-state index contributed by atoms with van der Waals surface area (Å²) in [5.41, 5.74) is 1.68. The number of sulfonamides is 1. The zero-order valence-electron chi connectivity index (χ0n) is 16.5. The quantitative estimate of drug-likeness (QED) is 0.537. The number of rotatable bonds is 7. The molecule has 0 aliphatic carbocycles. The van der Waals surface area contributed by atoms with Crippen molar-refractivity contribution in [2.24, 2.45) is 0 Å². The molecule has 5 nitrogen and oxygen atoms in total. The smallest absolute Gasteiger partial charge is 0.264 e. The van der Waals surface area contributed by atoms with E-state index in [1.165, 1.54) is 36.0 Å². The summed E-state index contributed by atoms with van der Waals surface area (Å²) >= 11 is 1.53. The van der Waals surface area contributed by atoms with Gasteiger partial charge in [-0.25, -0.2) is 12.8 Å². The average Bonchev–Trinajstić information content (AvgIpc) is 2.73. The van der Waals surface area contributed by atoms with Crippen LogP contribution in [0.2, 0.25) is 0 Å². The average molecular weight is 445 g/mol. The van der Waals surface area contributed by atoms with Gasteiger partial charge in [0, 0.05) is 10.6 Å². The van der Waals surface area contributed by atoms with Crippen molar-refractivity contribution in [2.45, 2.75) is 16.7 Å². The molecule has 0 aliphatic heterocycles. The van der Waals surface area contributed by atoms with Gasteiger partial charge in [0.15, 0.2) is 0 Å². The molecule has 0 saturated carbocycles. The van der Waals surface area contributed by atoms with E-state index in [1.807, 2.05) is 25.3 Å². The zero-order valence-corrected chi connectivity index (χ0v) is 18.1. The molecule has 0 aliphatic rings. The van der Waals surface area contributed by atoms with Crippen molar-refractivity contribution in [1.82, 2.24) is 0 Å². The lowest BCUT2D eigenvalue weighted by atomic mass is 10.2.